The summed E-state index contributed by atoms with van der Waals surface area (Å²) >= 11 is 0. The molecule has 0 unspecified atom stereocenters. The van der Waals surface area contributed by atoms with Crippen molar-refractivity contribution < 1.29 is 23.7 Å². The van der Waals surface area contributed by atoms with Gasteiger partial charge in [0.05, 0.1) is 11.4 Å². The van der Waals surface area contributed by atoms with E-state index in [0.717, 1.165) is 16.9 Å². The predicted molar refractivity (Wildman–Crippen MR) is 115 cm³/mol. The van der Waals surface area contributed by atoms with E-state index < -0.39 is 12.8 Å². The van der Waals surface area contributed by atoms with Crippen molar-refractivity contribution in [2.75, 3.05) is 5.32 Å². The fourth-order valence-corrected chi connectivity index (χ4v) is 3.54. The lowest BCUT2D eigenvalue weighted by Crippen LogP contribution is -2.17. The number of hydrogen-bond acceptors (Lipinski definition) is 4. The van der Waals surface area contributed by atoms with Crippen molar-refractivity contribution in [2.24, 2.45) is 0 Å². The van der Waals surface area contributed by atoms with E-state index in [-0.39, 0.29) is 5.91 Å². The lowest BCUT2D eigenvalue weighted by molar-refractivity contribution is -0.116. The summed E-state index contributed by atoms with van der Waals surface area (Å²) in [4.78, 5) is 31.3. The van der Waals surface area contributed by atoms with Crippen LogP contribution in [0.3, 0.4) is 0 Å². The second kappa shape index (κ2) is 8.96. The van der Waals surface area contributed by atoms with Crippen LogP contribution in [0.15, 0.2) is 65.3 Å². The predicted octanol–water partition coefficient (Wildman–Crippen LogP) is 4.72. The monoisotopic (exact) mass is 428 g/mol. The van der Waals surface area contributed by atoms with Crippen LogP contribution in [0.2, 0.25) is 0 Å². The standard InChI is InChI=1S/C22H25N2O5P/c1-22(2,30(26,27)28)18-11-13-19(14-12-18)24-20(25)10-6-9-17-15-23-29-21(17)16-7-4-3-5-8-16/h3-5,7-8,11-15H,6,9-10H2,1-2H3,(H,24,25)(H2,26,27,28). The third-order valence-corrected chi connectivity index (χ3v) is 6.85. The number of nitrogens with zero attached hydrogens (tertiary/aromatic N) is 1. The molecule has 0 aliphatic rings. The van der Waals surface area contributed by atoms with Gasteiger partial charge in [0, 0.05) is 23.2 Å². The van der Waals surface area contributed by atoms with Crippen molar-refractivity contribution in [3.05, 3.63) is 71.9 Å². The third-order valence-electron chi connectivity index (χ3n) is 5.13. The summed E-state index contributed by atoms with van der Waals surface area (Å²) in [6, 6.07) is 16.3. The Balaban J connectivity index is 1.54. The molecular formula is C22H25N2O5P. The van der Waals surface area contributed by atoms with Crippen LogP contribution in [0.1, 0.15) is 37.8 Å². The number of aromatic nitrogens is 1. The second-order valence-electron chi connectivity index (χ2n) is 7.63. The third kappa shape index (κ3) is 5.05. The highest BCUT2D eigenvalue weighted by molar-refractivity contribution is 7.53. The lowest BCUT2D eigenvalue weighted by atomic mass is 10.0. The minimum atomic E-state index is -4.30. The molecule has 0 aliphatic carbocycles. The van der Waals surface area contributed by atoms with E-state index in [0.29, 0.717) is 30.5 Å². The second-order valence-corrected chi connectivity index (χ2v) is 9.83. The minimum absolute atomic E-state index is 0.130. The van der Waals surface area contributed by atoms with E-state index in [1.165, 1.54) is 13.8 Å². The molecule has 158 valence electrons. The zero-order valence-electron chi connectivity index (χ0n) is 16.9. The van der Waals surface area contributed by atoms with Crippen molar-refractivity contribution in [1.82, 2.24) is 5.16 Å². The molecule has 30 heavy (non-hydrogen) atoms. The van der Waals surface area contributed by atoms with Crippen molar-refractivity contribution in [3.8, 4) is 11.3 Å². The van der Waals surface area contributed by atoms with Crippen LogP contribution in [0, 0.1) is 0 Å². The van der Waals surface area contributed by atoms with Crippen molar-refractivity contribution in [1.29, 1.82) is 0 Å². The maximum atomic E-state index is 12.3. The fraction of sp³-hybridized carbons (Fsp3) is 0.273. The molecule has 1 heterocycles. The molecule has 0 atom stereocenters. The average molecular weight is 428 g/mol. The molecule has 0 bridgehead atoms. The molecule has 1 amide bonds. The highest BCUT2D eigenvalue weighted by Crippen LogP contribution is 2.56. The van der Waals surface area contributed by atoms with Gasteiger partial charge in [-0.3, -0.25) is 9.36 Å². The van der Waals surface area contributed by atoms with E-state index in [1.54, 1.807) is 30.5 Å². The first kappa shape index (κ1) is 22.0. The Morgan fingerprint density at radius 3 is 2.40 bits per heavy atom. The Kier molecular flexibility index (Phi) is 6.56. The lowest BCUT2D eigenvalue weighted by Gasteiger charge is -2.26. The maximum Gasteiger partial charge on any atom is 0.335 e. The highest BCUT2D eigenvalue weighted by Gasteiger charge is 2.39. The van der Waals surface area contributed by atoms with Crippen LogP contribution in [-0.4, -0.2) is 20.9 Å². The molecule has 0 saturated carbocycles. The van der Waals surface area contributed by atoms with E-state index in [2.05, 4.69) is 10.5 Å². The van der Waals surface area contributed by atoms with Gasteiger partial charge in [-0.1, -0.05) is 47.6 Å². The van der Waals surface area contributed by atoms with E-state index in [9.17, 15) is 19.1 Å². The SMILES string of the molecule is CC(C)(c1ccc(NC(=O)CCCc2cnoc2-c2ccccc2)cc1)P(=O)(O)O. The molecule has 0 radical (unpaired) electrons. The number of rotatable bonds is 8. The summed E-state index contributed by atoms with van der Waals surface area (Å²) in [6.07, 6.45) is 3.31. The van der Waals surface area contributed by atoms with Gasteiger partial charge in [0.1, 0.15) is 0 Å². The average Bonchev–Trinajstić information content (AvgIpc) is 3.17. The number of aryl methyl sites for hydroxylation is 1. The zero-order chi connectivity index (χ0) is 21.8. The van der Waals surface area contributed by atoms with Gasteiger partial charge in [-0.05, 0) is 44.4 Å². The Morgan fingerprint density at radius 2 is 1.77 bits per heavy atom. The summed E-state index contributed by atoms with van der Waals surface area (Å²) in [7, 11) is -4.30. The van der Waals surface area contributed by atoms with Gasteiger partial charge < -0.3 is 19.6 Å². The smallest absolute Gasteiger partial charge is 0.335 e. The molecule has 8 heteroatoms. The van der Waals surface area contributed by atoms with Gasteiger partial charge in [-0.15, -0.1) is 0 Å². The van der Waals surface area contributed by atoms with Crippen molar-refractivity contribution in [2.45, 2.75) is 38.3 Å². The highest BCUT2D eigenvalue weighted by atomic mass is 31.2. The number of carbonyl (C=O) groups is 1. The van der Waals surface area contributed by atoms with E-state index >= 15 is 0 Å². The van der Waals surface area contributed by atoms with E-state index in [4.69, 9.17) is 4.52 Å². The van der Waals surface area contributed by atoms with Crippen LogP contribution in [0.5, 0.6) is 0 Å². The van der Waals surface area contributed by atoms with Gasteiger partial charge >= 0.3 is 7.60 Å². The largest absolute Gasteiger partial charge is 0.356 e. The molecule has 0 spiro atoms. The molecule has 2 aromatic carbocycles. The molecule has 7 nitrogen and oxygen atoms in total. The number of anilines is 1. The summed E-state index contributed by atoms with van der Waals surface area (Å²) in [6.45, 7) is 2.99. The maximum absolute atomic E-state index is 12.3. The van der Waals surface area contributed by atoms with Crippen molar-refractivity contribution in [3.63, 3.8) is 0 Å². The Morgan fingerprint density at radius 1 is 1.10 bits per heavy atom. The Labute approximate surface area is 175 Å². The molecule has 3 rings (SSSR count). The number of amides is 1. The first-order chi connectivity index (χ1) is 14.2. The van der Waals surface area contributed by atoms with Gasteiger partial charge in [0.15, 0.2) is 5.76 Å². The topological polar surface area (TPSA) is 113 Å². The Hall–Kier alpha value is -2.73. The van der Waals surface area contributed by atoms with Crippen LogP contribution in [0.4, 0.5) is 5.69 Å². The van der Waals surface area contributed by atoms with Crippen LogP contribution >= 0.6 is 7.60 Å². The van der Waals surface area contributed by atoms with Gasteiger partial charge in [-0.25, -0.2) is 0 Å². The minimum Gasteiger partial charge on any atom is -0.356 e. The molecule has 1 aromatic heterocycles. The molecule has 3 aromatic rings. The molecule has 0 aliphatic heterocycles. The van der Waals surface area contributed by atoms with Crippen LogP contribution < -0.4 is 5.32 Å². The summed E-state index contributed by atoms with van der Waals surface area (Å²) in [5.41, 5.74) is 3.00. The zero-order valence-corrected chi connectivity index (χ0v) is 17.8. The van der Waals surface area contributed by atoms with Gasteiger partial charge in [-0.2, -0.15) is 0 Å². The van der Waals surface area contributed by atoms with E-state index in [1.807, 2.05) is 30.3 Å². The molecule has 0 saturated heterocycles. The molecule has 3 N–H and O–H groups in total. The number of hydrogen-bond donors (Lipinski definition) is 3. The van der Waals surface area contributed by atoms with Gasteiger partial charge in [0.2, 0.25) is 5.91 Å². The molecular weight excluding hydrogens is 403 g/mol. The molecule has 0 fully saturated rings. The van der Waals surface area contributed by atoms with Crippen LogP contribution in [-0.2, 0) is 20.9 Å². The summed E-state index contributed by atoms with van der Waals surface area (Å²) < 4.78 is 17.0. The Bertz CT molecular complexity index is 1040. The first-order valence-electron chi connectivity index (χ1n) is 9.63. The number of carbonyl (C=O) groups excluding carboxylic acids is 1. The van der Waals surface area contributed by atoms with Gasteiger partial charge in [0.25, 0.3) is 0 Å². The first-order valence-corrected chi connectivity index (χ1v) is 11.2. The fourth-order valence-electron chi connectivity index (χ4n) is 3.06. The normalized spacial score (nSPS) is 12.0. The van der Waals surface area contributed by atoms with Crippen LogP contribution in [0.25, 0.3) is 11.3 Å². The number of nitrogens with one attached hydrogen (secondary N) is 1. The quantitative estimate of drug-likeness (QED) is 0.448. The number of benzene rings is 2. The summed E-state index contributed by atoms with van der Waals surface area (Å²) in [5.74, 6) is 0.592. The van der Waals surface area contributed by atoms with Crippen molar-refractivity contribution >= 4 is 19.2 Å². The summed E-state index contributed by atoms with van der Waals surface area (Å²) in [5, 5.41) is 5.40.